The molecule has 0 aliphatic carbocycles. The minimum Gasteiger partial charge on any atom is -0.312 e. The topological polar surface area (TPSA) is 105 Å². The molecular formula is C58H36N12S3. The zero-order valence-corrected chi connectivity index (χ0v) is 41.7. The molecule has 0 spiro atoms. The van der Waals surface area contributed by atoms with Crippen molar-refractivity contribution in [2.24, 2.45) is 19.1 Å². The number of rotatable bonds is 5. The van der Waals surface area contributed by atoms with Crippen LogP contribution < -0.4 is 0 Å². The average Bonchev–Trinajstić information content (AvgIpc) is 4.30. The van der Waals surface area contributed by atoms with E-state index in [1.807, 2.05) is 37.7 Å². The summed E-state index contributed by atoms with van der Waals surface area (Å²) in [7, 11) is 4.28. The van der Waals surface area contributed by atoms with E-state index in [1.165, 1.54) is 15.5 Å². The Kier molecular flexibility index (Phi) is 7.66. The lowest BCUT2D eigenvalue weighted by atomic mass is 10.0. The fraction of sp³-hybridized carbons (Fsp3) is 0.0690. The second-order valence-corrected chi connectivity index (χ2v) is 22.0. The number of hydrogen-bond donors (Lipinski definition) is 0. The lowest BCUT2D eigenvalue weighted by Gasteiger charge is -2.10. The number of fused-ring (bicyclic) bond motifs is 24. The van der Waals surface area contributed by atoms with E-state index in [9.17, 15) is 0 Å². The van der Waals surface area contributed by atoms with Crippen molar-refractivity contribution < 1.29 is 0 Å². The Bertz CT molecular complexity index is 5390. The number of para-hydroxylation sites is 6. The van der Waals surface area contributed by atoms with Crippen molar-refractivity contribution in [3.8, 4) is 11.1 Å². The zero-order chi connectivity index (χ0) is 48.1. The van der Waals surface area contributed by atoms with Crippen LogP contribution in [0.25, 0.3) is 151 Å². The number of nitrogens with zero attached hydrogens (tertiary/aromatic N) is 12. The summed E-state index contributed by atoms with van der Waals surface area (Å²) in [5.74, 6) is 2.70. The average molecular weight is 997 g/mol. The Balaban J connectivity index is 0.919. The number of aromatic nitrogens is 11. The van der Waals surface area contributed by atoms with Gasteiger partial charge in [-0.3, -0.25) is 13.2 Å². The molecule has 0 aliphatic heterocycles. The van der Waals surface area contributed by atoms with Gasteiger partial charge in [-0.2, -0.15) is 0 Å². The molecular weight excluding hydrogens is 961 g/mol. The SMILES string of the molecule is C=Cc1c(/N=C\C)sc2cc3c(cc12)n(Cc1cc2sc4ncc(-c5ccnc6sc7c(ccc8c7n(C)c7nc9ccccc9n87)c56)cc4c2c2c1n1c4ccccc4nc1n2C)c1nc2ccccc2n31. The van der Waals surface area contributed by atoms with Crippen LogP contribution in [0.1, 0.15) is 18.1 Å². The molecule has 0 bridgehead atoms. The van der Waals surface area contributed by atoms with Crippen LogP contribution in [-0.2, 0) is 20.6 Å². The van der Waals surface area contributed by atoms with Crippen molar-refractivity contribution in [2.45, 2.75) is 13.5 Å². The van der Waals surface area contributed by atoms with E-state index in [0.29, 0.717) is 6.54 Å². The summed E-state index contributed by atoms with van der Waals surface area (Å²) in [6.45, 7) is 6.74. The van der Waals surface area contributed by atoms with Crippen LogP contribution in [0.15, 0.2) is 139 Å². The van der Waals surface area contributed by atoms with E-state index in [0.717, 1.165) is 146 Å². The highest BCUT2D eigenvalue weighted by molar-refractivity contribution is 7.26. The number of aryl methyl sites for hydroxylation is 2. The molecule has 0 fully saturated rings. The molecule has 6 aromatic carbocycles. The molecule has 0 radical (unpaired) electrons. The first-order valence-corrected chi connectivity index (χ1v) is 26.5. The third-order valence-electron chi connectivity index (χ3n) is 15.2. The van der Waals surface area contributed by atoms with Gasteiger partial charge in [0.05, 0.1) is 77.4 Å². The quantitative estimate of drug-likeness (QED) is 0.160. The van der Waals surface area contributed by atoms with Crippen molar-refractivity contribution >= 4 is 186 Å². The molecule has 17 rings (SSSR count). The van der Waals surface area contributed by atoms with Crippen LogP contribution in [-0.4, -0.2) is 58.0 Å². The predicted octanol–water partition coefficient (Wildman–Crippen LogP) is 14.8. The summed E-state index contributed by atoms with van der Waals surface area (Å²) in [6.07, 6.45) is 7.78. The molecule has 17 aromatic rings. The molecule has 0 atom stereocenters. The molecule has 11 aromatic heterocycles. The second kappa shape index (κ2) is 14.0. The molecule has 0 saturated heterocycles. The summed E-state index contributed by atoms with van der Waals surface area (Å²) in [5, 5.41) is 6.68. The monoisotopic (exact) mass is 996 g/mol. The fourth-order valence-corrected chi connectivity index (χ4v) is 15.6. The first kappa shape index (κ1) is 39.9. The Morgan fingerprint density at radius 3 is 2.03 bits per heavy atom. The molecule has 0 unspecified atom stereocenters. The summed E-state index contributed by atoms with van der Waals surface area (Å²) in [5.41, 5.74) is 17.2. The lowest BCUT2D eigenvalue weighted by molar-refractivity contribution is 0.852. The highest BCUT2D eigenvalue weighted by Gasteiger charge is 2.27. The number of pyridine rings is 2. The van der Waals surface area contributed by atoms with Gasteiger partial charge >= 0.3 is 0 Å². The fourth-order valence-electron chi connectivity index (χ4n) is 12.1. The first-order valence-electron chi connectivity index (χ1n) is 24.1. The van der Waals surface area contributed by atoms with Crippen LogP contribution >= 0.6 is 34.0 Å². The Labute approximate surface area is 423 Å². The number of thiophene rings is 3. The highest BCUT2D eigenvalue weighted by atomic mass is 32.1. The minimum absolute atomic E-state index is 0.553. The number of aliphatic imine (C=N–C) groups is 1. The summed E-state index contributed by atoms with van der Waals surface area (Å²) < 4.78 is 17.4. The van der Waals surface area contributed by atoms with Crippen LogP contribution in [0.3, 0.4) is 0 Å². The van der Waals surface area contributed by atoms with Gasteiger partial charge in [0.2, 0.25) is 17.3 Å². The molecule has 346 valence electrons. The van der Waals surface area contributed by atoms with E-state index in [4.69, 9.17) is 29.9 Å². The van der Waals surface area contributed by atoms with Crippen LogP contribution in [0.2, 0.25) is 0 Å². The van der Waals surface area contributed by atoms with Gasteiger partial charge in [-0.1, -0.05) is 55.1 Å². The maximum atomic E-state index is 5.36. The molecule has 0 amide bonds. The third-order valence-corrected chi connectivity index (χ3v) is 18.4. The van der Waals surface area contributed by atoms with Crippen molar-refractivity contribution in [2.75, 3.05) is 0 Å². The van der Waals surface area contributed by atoms with Gasteiger partial charge in [0.1, 0.15) is 14.7 Å². The maximum Gasteiger partial charge on any atom is 0.216 e. The van der Waals surface area contributed by atoms with Gasteiger partial charge in [0, 0.05) is 80.2 Å². The zero-order valence-electron chi connectivity index (χ0n) is 39.3. The smallest absolute Gasteiger partial charge is 0.216 e. The highest BCUT2D eigenvalue weighted by Crippen LogP contribution is 2.47. The molecule has 15 heteroatoms. The van der Waals surface area contributed by atoms with Crippen molar-refractivity contribution in [1.29, 1.82) is 0 Å². The van der Waals surface area contributed by atoms with Crippen molar-refractivity contribution in [3.63, 3.8) is 0 Å². The minimum atomic E-state index is 0.553. The van der Waals surface area contributed by atoms with Crippen LogP contribution in [0, 0.1) is 0 Å². The van der Waals surface area contributed by atoms with Gasteiger partial charge in [-0.05, 0) is 90.8 Å². The van der Waals surface area contributed by atoms with E-state index >= 15 is 0 Å². The molecule has 0 N–H and O–H groups in total. The van der Waals surface area contributed by atoms with Crippen molar-refractivity contribution in [3.05, 3.63) is 145 Å². The lowest BCUT2D eigenvalue weighted by Crippen LogP contribution is -2.02. The van der Waals surface area contributed by atoms with Gasteiger partial charge in [-0.25, -0.2) is 29.9 Å². The van der Waals surface area contributed by atoms with E-state index < -0.39 is 0 Å². The number of imidazole rings is 6. The Morgan fingerprint density at radius 1 is 0.575 bits per heavy atom. The van der Waals surface area contributed by atoms with Crippen LogP contribution in [0.4, 0.5) is 5.00 Å². The normalized spacial score (nSPS) is 12.9. The van der Waals surface area contributed by atoms with E-state index in [2.05, 4.69) is 157 Å². The molecule has 0 saturated carbocycles. The molecule has 0 aliphatic rings. The summed E-state index contributed by atoms with van der Waals surface area (Å²) >= 11 is 5.18. The number of benzene rings is 6. The van der Waals surface area contributed by atoms with Gasteiger partial charge in [0.25, 0.3) is 0 Å². The first-order chi connectivity index (χ1) is 35.9. The molecule has 73 heavy (non-hydrogen) atoms. The van der Waals surface area contributed by atoms with E-state index in [-0.39, 0.29) is 0 Å². The van der Waals surface area contributed by atoms with Gasteiger partial charge < -0.3 is 13.7 Å². The largest absolute Gasteiger partial charge is 0.312 e. The third kappa shape index (κ3) is 5.03. The second-order valence-electron chi connectivity index (χ2n) is 18.9. The Hall–Kier alpha value is -8.76. The summed E-state index contributed by atoms with van der Waals surface area (Å²) in [4.78, 5) is 32.7. The molecule has 11 heterocycles. The molecule has 12 nitrogen and oxygen atoms in total. The number of hydrogen-bond acceptors (Lipinski definition) is 9. The van der Waals surface area contributed by atoms with Gasteiger partial charge in [-0.15, -0.1) is 34.0 Å². The Morgan fingerprint density at radius 2 is 1.27 bits per heavy atom. The maximum absolute atomic E-state index is 5.36. The summed E-state index contributed by atoms with van der Waals surface area (Å²) in [6, 6.07) is 41.3. The standard InChI is InChI=1S/C58H36N12S3/c1-5-31-34-25-43-44(26-45(34)71-53(31)59-6-2)69-40-17-11-8-14-37(40)64-58(69)67(43)28-30-24-46-48(51-49(30)70-41-18-12-9-15-38(41)63-57(70)66(51)4)35-23-29(27-61-54(35)72-46)32-21-22-60-55-47(32)33-19-20-42-50(52(33)73-55)65(3)56-62-36-13-7-10-16-39(36)68(42)56/h5-27H,1,28H2,2-4H3/b59-6-. The van der Waals surface area contributed by atoms with Crippen molar-refractivity contribution in [1.82, 2.24) is 51.8 Å². The predicted molar refractivity (Wildman–Crippen MR) is 305 cm³/mol. The van der Waals surface area contributed by atoms with E-state index in [1.54, 1.807) is 34.0 Å². The van der Waals surface area contributed by atoms with Gasteiger partial charge in [0.15, 0.2) is 0 Å². The van der Waals surface area contributed by atoms with Crippen LogP contribution in [0.5, 0.6) is 0 Å².